The van der Waals surface area contributed by atoms with Gasteiger partial charge in [0, 0.05) is 0 Å². The van der Waals surface area contributed by atoms with Gasteiger partial charge in [-0.15, -0.1) is 0 Å². The number of nitrogens with zero attached hydrogens (tertiary/aromatic N) is 1. The van der Waals surface area contributed by atoms with Crippen molar-refractivity contribution in [3.05, 3.63) is 23.6 Å². The lowest BCUT2D eigenvalue weighted by Crippen LogP contribution is -2.11. The molecule has 0 heterocycles. The zero-order valence-corrected chi connectivity index (χ0v) is 9.31. The maximum Gasteiger partial charge on any atom is 0.248 e. The zero-order chi connectivity index (χ0) is 9.07. The van der Waals surface area contributed by atoms with Crippen molar-refractivity contribution in [3.63, 3.8) is 0 Å². The quantitative estimate of drug-likeness (QED) is 0.521. The topological polar surface area (TPSA) is 37.4 Å². The van der Waals surface area contributed by atoms with Crippen molar-refractivity contribution in [3.8, 4) is 0 Å². The standard InChI is InChI=1S/C5H11NO2P2S/c1-3-5(4-2)11(7,8)6(9)10/h3-4H,1,9-10H2,2H3/b5-4+. The van der Waals surface area contributed by atoms with Gasteiger partial charge in [-0.1, -0.05) is 12.7 Å². The van der Waals surface area contributed by atoms with Crippen molar-refractivity contribution in [2.24, 2.45) is 0 Å². The summed E-state index contributed by atoms with van der Waals surface area (Å²) in [5, 5.41) is 0. The van der Waals surface area contributed by atoms with Crippen LogP contribution in [0.4, 0.5) is 0 Å². The Bertz CT molecular complexity index is 268. The van der Waals surface area contributed by atoms with Gasteiger partial charge in [0.25, 0.3) is 0 Å². The summed E-state index contributed by atoms with van der Waals surface area (Å²) in [6.45, 7) is 5.03. The van der Waals surface area contributed by atoms with Gasteiger partial charge in [0.15, 0.2) is 0 Å². The summed E-state index contributed by atoms with van der Waals surface area (Å²) in [7, 11) is 0.763. The summed E-state index contributed by atoms with van der Waals surface area (Å²) >= 11 is 0. The van der Waals surface area contributed by atoms with E-state index >= 15 is 0 Å². The molecule has 0 aromatic heterocycles. The van der Waals surface area contributed by atoms with Crippen molar-refractivity contribution in [1.82, 2.24) is 3.85 Å². The molecule has 6 heteroatoms. The second-order valence-electron chi connectivity index (χ2n) is 1.73. The van der Waals surface area contributed by atoms with E-state index < -0.39 is 10.0 Å². The molecular weight excluding hydrogens is 200 g/mol. The van der Waals surface area contributed by atoms with Crippen molar-refractivity contribution in [1.29, 1.82) is 0 Å². The molecule has 0 aliphatic heterocycles. The second-order valence-corrected chi connectivity index (χ2v) is 6.03. The Kier molecular flexibility index (Phi) is 4.42. The van der Waals surface area contributed by atoms with Crippen LogP contribution in [0.15, 0.2) is 23.6 Å². The lowest BCUT2D eigenvalue weighted by atomic mass is 10.5. The lowest BCUT2D eigenvalue weighted by Gasteiger charge is -2.10. The highest BCUT2D eigenvalue weighted by Gasteiger charge is 2.16. The molecule has 3 nitrogen and oxygen atoms in total. The molecular formula is C5H11NO2P2S. The minimum atomic E-state index is -3.34. The highest BCUT2D eigenvalue weighted by molar-refractivity contribution is 7.98. The second kappa shape index (κ2) is 4.32. The minimum Gasteiger partial charge on any atom is -0.206 e. The fourth-order valence-electron chi connectivity index (χ4n) is 0.494. The normalized spacial score (nSPS) is 13.6. The summed E-state index contributed by atoms with van der Waals surface area (Å²) in [4.78, 5) is 0.197. The molecule has 0 N–H and O–H groups in total. The van der Waals surface area contributed by atoms with Crippen LogP contribution in [0.1, 0.15) is 6.92 Å². The Balaban J connectivity index is 5.00. The van der Waals surface area contributed by atoms with Crippen LogP contribution in [-0.4, -0.2) is 12.3 Å². The molecule has 2 atom stereocenters. The third-order valence-electron chi connectivity index (χ3n) is 1.06. The average molecular weight is 211 g/mol. The molecule has 0 aromatic carbocycles. The molecule has 0 rings (SSSR count). The van der Waals surface area contributed by atoms with Crippen LogP contribution < -0.4 is 0 Å². The average Bonchev–Trinajstić information content (AvgIpc) is 1.89. The maximum atomic E-state index is 11.2. The lowest BCUT2D eigenvalue weighted by molar-refractivity contribution is 0.590. The molecule has 2 unspecified atom stereocenters. The monoisotopic (exact) mass is 211 g/mol. The van der Waals surface area contributed by atoms with E-state index in [0.717, 1.165) is 3.85 Å². The van der Waals surface area contributed by atoms with Gasteiger partial charge in [0.05, 0.1) is 4.91 Å². The largest absolute Gasteiger partial charge is 0.248 e. The van der Waals surface area contributed by atoms with Gasteiger partial charge < -0.3 is 0 Å². The fraction of sp³-hybridized carbons (Fsp3) is 0.200. The Morgan fingerprint density at radius 3 is 2.09 bits per heavy atom. The molecule has 0 aliphatic carbocycles. The number of rotatable bonds is 3. The van der Waals surface area contributed by atoms with Crippen molar-refractivity contribution in [2.75, 3.05) is 0 Å². The van der Waals surface area contributed by atoms with E-state index in [4.69, 9.17) is 0 Å². The molecule has 0 bridgehead atoms. The first-order valence-corrected chi connectivity index (χ1v) is 5.27. The van der Waals surface area contributed by atoms with Crippen molar-refractivity contribution < 1.29 is 8.42 Å². The molecule has 0 saturated carbocycles. The molecule has 0 spiro atoms. The zero-order valence-electron chi connectivity index (χ0n) is 6.19. The fourth-order valence-corrected chi connectivity index (χ4v) is 1.98. The van der Waals surface area contributed by atoms with E-state index in [9.17, 15) is 8.42 Å². The first kappa shape index (κ1) is 11.2. The van der Waals surface area contributed by atoms with Crippen LogP contribution in [0.3, 0.4) is 0 Å². The van der Waals surface area contributed by atoms with Gasteiger partial charge in [-0.25, -0.2) is 8.42 Å². The molecule has 0 aliphatic rings. The van der Waals surface area contributed by atoms with E-state index in [0.29, 0.717) is 0 Å². The first-order chi connectivity index (χ1) is 4.96. The molecule has 0 fully saturated rings. The predicted molar refractivity (Wildman–Crippen MR) is 54.1 cm³/mol. The van der Waals surface area contributed by atoms with Crippen LogP contribution in [-0.2, 0) is 10.0 Å². The van der Waals surface area contributed by atoms with E-state index in [2.05, 4.69) is 6.58 Å². The van der Waals surface area contributed by atoms with Gasteiger partial charge in [0.2, 0.25) is 10.0 Å². The molecule has 0 aromatic rings. The third-order valence-corrected chi connectivity index (χ3v) is 4.28. The van der Waals surface area contributed by atoms with Crippen molar-refractivity contribution in [2.45, 2.75) is 6.92 Å². The van der Waals surface area contributed by atoms with Gasteiger partial charge >= 0.3 is 0 Å². The van der Waals surface area contributed by atoms with Crippen LogP contribution >= 0.6 is 18.8 Å². The van der Waals surface area contributed by atoms with E-state index in [1.165, 1.54) is 12.2 Å². The summed E-state index contributed by atoms with van der Waals surface area (Å²) in [5.41, 5.74) is 0. The van der Waals surface area contributed by atoms with Gasteiger partial charge in [-0.3, -0.25) is 0 Å². The summed E-state index contributed by atoms with van der Waals surface area (Å²) in [6.07, 6.45) is 2.79. The van der Waals surface area contributed by atoms with Crippen LogP contribution in [0.5, 0.6) is 0 Å². The first-order valence-electron chi connectivity index (χ1n) is 2.80. The van der Waals surface area contributed by atoms with Gasteiger partial charge in [0.1, 0.15) is 0 Å². The van der Waals surface area contributed by atoms with Crippen LogP contribution in [0.25, 0.3) is 0 Å². The van der Waals surface area contributed by atoms with Crippen molar-refractivity contribution >= 4 is 28.8 Å². The molecule has 64 valence electrons. The van der Waals surface area contributed by atoms with E-state index in [1.807, 2.05) is 18.8 Å². The van der Waals surface area contributed by atoms with E-state index in [1.54, 1.807) is 6.92 Å². The highest BCUT2D eigenvalue weighted by atomic mass is 32.2. The Morgan fingerprint density at radius 2 is 2.00 bits per heavy atom. The summed E-state index contributed by atoms with van der Waals surface area (Å²) in [5.74, 6) is 0. The summed E-state index contributed by atoms with van der Waals surface area (Å²) in [6, 6.07) is 0. The van der Waals surface area contributed by atoms with Gasteiger partial charge in [-0.05, 0) is 31.8 Å². The number of sulfonamides is 1. The number of allylic oxidation sites excluding steroid dienone is 2. The smallest absolute Gasteiger partial charge is 0.206 e. The molecule has 0 amide bonds. The number of hydrogen-bond donors (Lipinski definition) is 0. The maximum absolute atomic E-state index is 11.2. The predicted octanol–water partition coefficient (Wildman–Crippen LogP) is 1.29. The Hall–Kier alpha value is 0.250. The highest BCUT2D eigenvalue weighted by Crippen LogP contribution is 2.21. The Labute approximate surface area is 72.1 Å². The van der Waals surface area contributed by atoms with Crippen LogP contribution in [0, 0.1) is 0 Å². The molecule has 11 heavy (non-hydrogen) atoms. The molecule has 0 saturated heterocycles. The molecule has 0 radical (unpaired) electrons. The van der Waals surface area contributed by atoms with Gasteiger partial charge in [-0.2, -0.15) is 3.85 Å². The third kappa shape index (κ3) is 2.64. The SMILES string of the molecule is C=C/C(=C\C)S(=O)(=O)N(P)P. The number of hydrogen-bond acceptors (Lipinski definition) is 2. The van der Waals surface area contributed by atoms with Crippen LogP contribution in [0.2, 0.25) is 0 Å². The van der Waals surface area contributed by atoms with E-state index in [-0.39, 0.29) is 4.91 Å². The Morgan fingerprint density at radius 1 is 1.55 bits per heavy atom. The summed E-state index contributed by atoms with van der Waals surface area (Å²) < 4.78 is 23.5. The minimum absolute atomic E-state index is 0.197.